The standard InChI is InChI=1S/C23H31N5O4S/c1-17-16-33-22(23(31)27-9-4-5-10-27)21(17)25-20(30)15-28(11-6-2-3-7-12-28)14-19(29)24-18-8-13-32-26-18/h8,13,16H,2-7,9-12,14-15H2,1H3,(H-,24,25,26,29,30,31)/p+1. The normalized spacial score (nSPS) is 18.0. The predicted octanol–water partition coefficient (Wildman–Crippen LogP) is 3.25. The van der Waals surface area contributed by atoms with E-state index in [1.807, 2.05) is 17.2 Å². The molecule has 2 aliphatic rings. The first-order valence-corrected chi connectivity index (χ1v) is 12.6. The number of anilines is 2. The molecule has 4 heterocycles. The average molecular weight is 475 g/mol. The summed E-state index contributed by atoms with van der Waals surface area (Å²) in [5.74, 6) is 0.0151. The summed E-state index contributed by atoms with van der Waals surface area (Å²) in [6.07, 6.45) is 7.60. The van der Waals surface area contributed by atoms with Crippen LogP contribution in [0.15, 0.2) is 22.2 Å². The molecule has 2 aliphatic heterocycles. The maximum absolute atomic E-state index is 13.2. The second-order valence-electron chi connectivity index (χ2n) is 9.12. The van der Waals surface area contributed by atoms with Gasteiger partial charge < -0.3 is 24.5 Å². The minimum Gasteiger partial charge on any atom is -0.363 e. The molecule has 0 atom stereocenters. The fourth-order valence-electron chi connectivity index (χ4n) is 4.80. The first-order valence-electron chi connectivity index (χ1n) is 11.7. The monoisotopic (exact) mass is 474 g/mol. The van der Waals surface area contributed by atoms with Crippen molar-refractivity contribution in [3.05, 3.63) is 28.2 Å². The van der Waals surface area contributed by atoms with E-state index < -0.39 is 0 Å². The van der Waals surface area contributed by atoms with Crippen LogP contribution in [0.25, 0.3) is 0 Å². The number of hydrogen-bond acceptors (Lipinski definition) is 6. The summed E-state index contributed by atoms with van der Waals surface area (Å²) in [6, 6.07) is 1.59. The lowest BCUT2D eigenvalue weighted by Crippen LogP contribution is -2.56. The van der Waals surface area contributed by atoms with Crippen molar-refractivity contribution < 1.29 is 23.4 Å². The second kappa shape index (κ2) is 10.5. The SMILES string of the molecule is Cc1csc(C(=O)N2CCCC2)c1NC(=O)C[N+]1(CC(=O)Nc2ccon2)CCCCCC1. The lowest BCUT2D eigenvalue weighted by molar-refractivity contribution is -0.912. The zero-order chi connectivity index (χ0) is 23.3. The van der Waals surface area contributed by atoms with Gasteiger partial charge in [-0.05, 0) is 56.4 Å². The van der Waals surface area contributed by atoms with E-state index in [9.17, 15) is 14.4 Å². The Bertz CT molecular complexity index is 973. The van der Waals surface area contributed by atoms with E-state index in [1.54, 1.807) is 6.07 Å². The fraction of sp³-hybridized carbons (Fsp3) is 0.565. The number of thiophene rings is 1. The molecule has 9 nitrogen and oxygen atoms in total. The zero-order valence-electron chi connectivity index (χ0n) is 19.1. The molecule has 2 N–H and O–H groups in total. The minimum absolute atomic E-state index is 0.00782. The van der Waals surface area contributed by atoms with Gasteiger partial charge in [-0.3, -0.25) is 14.4 Å². The van der Waals surface area contributed by atoms with Gasteiger partial charge in [0.25, 0.3) is 17.7 Å². The van der Waals surface area contributed by atoms with Gasteiger partial charge in [-0.25, -0.2) is 0 Å². The van der Waals surface area contributed by atoms with Crippen LogP contribution in [0.1, 0.15) is 53.8 Å². The number of carbonyl (C=O) groups excluding carboxylic acids is 3. The molecule has 2 aromatic rings. The van der Waals surface area contributed by atoms with Crippen LogP contribution in [-0.4, -0.2) is 71.5 Å². The molecule has 0 aromatic carbocycles. The molecule has 0 saturated carbocycles. The molecule has 0 spiro atoms. The average Bonchev–Trinajstić information content (AvgIpc) is 3.52. The number of aromatic nitrogens is 1. The van der Waals surface area contributed by atoms with Gasteiger partial charge >= 0.3 is 0 Å². The summed E-state index contributed by atoms with van der Waals surface area (Å²) in [5.41, 5.74) is 1.50. The third-order valence-electron chi connectivity index (χ3n) is 6.51. The molecule has 33 heavy (non-hydrogen) atoms. The molecule has 4 rings (SSSR count). The first kappa shape index (κ1) is 23.4. The number of nitrogens with one attached hydrogen (secondary N) is 2. The maximum Gasteiger partial charge on any atom is 0.280 e. The van der Waals surface area contributed by atoms with Gasteiger partial charge in [0, 0.05) is 19.2 Å². The van der Waals surface area contributed by atoms with Gasteiger partial charge in [-0.1, -0.05) is 5.16 Å². The van der Waals surface area contributed by atoms with Gasteiger partial charge in [0.15, 0.2) is 18.9 Å². The van der Waals surface area contributed by atoms with Crippen molar-refractivity contribution >= 4 is 40.6 Å². The van der Waals surface area contributed by atoms with Gasteiger partial charge in [-0.2, -0.15) is 0 Å². The summed E-state index contributed by atoms with van der Waals surface area (Å²) in [7, 11) is 0. The Kier molecular flexibility index (Phi) is 7.44. The number of nitrogens with zero attached hydrogens (tertiary/aromatic N) is 3. The molecule has 0 unspecified atom stereocenters. The third-order valence-corrected chi connectivity index (χ3v) is 7.59. The predicted molar refractivity (Wildman–Crippen MR) is 126 cm³/mol. The van der Waals surface area contributed by atoms with E-state index >= 15 is 0 Å². The molecular formula is C23H32N5O4S+. The van der Waals surface area contributed by atoms with Gasteiger partial charge in [0.1, 0.15) is 11.1 Å². The molecular weight excluding hydrogens is 442 g/mol. The minimum atomic E-state index is -0.185. The number of likely N-dealkylation sites (tertiary alicyclic amines) is 2. The highest BCUT2D eigenvalue weighted by Crippen LogP contribution is 2.30. The Hall–Kier alpha value is -2.72. The zero-order valence-corrected chi connectivity index (χ0v) is 19.9. The van der Waals surface area contributed by atoms with E-state index in [-0.39, 0.29) is 30.8 Å². The highest BCUT2D eigenvalue weighted by Gasteiger charge is 2.35. The number of hydrogen-bond donors (Lipinski definition) is 2. The van der Waals surface area contributed by atoms with E-state index in [0.717, 1.165) is 70.3 Å². The Morgan fingerprint density at radius 3 is 2.33 bits per heavy atom. The van der Waals surface area contributed by atoms with Crippen LogP contribution >= 0.6 is 11.3 Å². The molecule has 10 heteroatoms. The quantitative estimate of drug-likeness (QED) is 0.600. The summed E-state index contributed by atoms with van der Waals surface area (Å²) in [6.45, 7) is 5.37. The Morgan fingerprint density at radius 2 is 1.70 bits per heavy atom. The van der Waals surface area contributed by atoms with Crippen LogP contribution in [-0.2, 0) is 9.59 Å². The number of carbonyl (C=O) groups is 3. The van der Waals surface area contributed by atoms with Crippen molar-refractivity contribution in [2.24, 2.45) is 0 Å². The van der Waals surface area contributed by atoms with Crippen molar-refractivity contribution in [1.29, 1.82) is 0 Å². The Morgan fingerprint density at radius 1 is 1.03 bits per heavy atom. The molecule has 2 saturated heterocycles. The fourth-order valence-corrected chi connectivity index (χ4v) is 5.77. The Labute approximate surface area is 197 Å². The van der Waals surface area contributed by atoms with Crippen LogP contribution in [0.3, 0.4) is 0 Å². The Balaban J connectivity index is 1.46. The molecule has 3 amide bonds. The van der Waals surface area contributed by atoms with Crippen LogP contribution in [0.2, 0.25) is 0 Å². The maximum atomic E-state index is 13.2. The van der Waals surface area contributed by atoms with Crippen molar-refractivity contribution in [1.82, 2.24) is 10.1 Å². The molecule has 0 radical (unpaired) electrons. The highest BCUT2D eigenvalue weighted by molar-refractivity contribution is 7.13. The molecule has 0 bridgehead atoms. The van der Waals surface area contributed by atoms with Crippen molar-refractivity contribution in [3.63, 3.8) is 0 Å². The van der Waals surface area contributed by atoms with E-state index in [2.05, 4.69) is 15.8 Å². The summed E-state index contributed by atoms with van der Waals surface area (Å²) in [4.78, 5) is 41.4. The summed E-state index contributed by atoms with van der Waals surface area (Å²) in [5, 5.41) is 11.4. The van der Waals surface area contributed by atoms with E-state index in [1.165, 1.54) is 17.6 Å². The van der Waals surface area contributed by atoms with Crippen LogP contribution < -0.4 is 10.6 Å². The lowest BCUT2D eigenvalue weighted by Gasteiger charge is -2.36. The van der Waals surface area contributed by atoms with Crippen LogP contribution in [0.4, 0.5) is 11.5 Å². The summed E-state index contributed by atoms with van der Waals surface area (Å²) >= 11 is 1.38. The highest BCUT2D eigenvalue weighted by atomic mass is 32.1. The van der Waals surface area contributed by atoms with Gasteiger partial charge in [0.2, 0.25) is 0 Å². The largest absolute Gasteiger partial charge is 0.363 e. The van der Waals surface area contributed by atoms with Gasteiger partial charge in [0.05, 0.1) is 18.8 Å². The number of rotatable bonds is 7. The summed E-state index contributed by atoms with van der Waals surface area (Å²) < 4.78 is 5.19. The second-order valence-corrected chi connectivity index (χ2v) is 10.0. The smallest absolute Gasteiger partial charge is 0.280 e. The van der Waals surface area contributed by atoms with Crippen molar-refractivity contribution in [2.75, 3.05) is 49.9 Å². The van der Waals surface area contributed by atoms with Crippen molar-refractivity contribution in [2.45, 2.75) is 45.4 Å². The van der Waals surface area contributed by atoms with E-state index in [0.29, 0.717) is 20.9 Å². The third kappa shape index (κ3) is 5.80. The molecule has 2 fully saturated rings. The number of quaternary nitrogens is 1. The molecule has 2 aromatic heterocycles. The lowest BCUT2D eigenvalue weighted by atomic mass is 10.2. The van der Waals surface area contributed by atoms with Crippen LogP contribution in [0.5, 0.6) is 0 Å². The molecule has 0 aliphatic carbocycles. The molecule has 178 valence electrons. The first-order chi connectivity index (χ1) is 16.0. The van der Waals surface area contributed by atoms with Gasteiger partial charge in [-0.15, -0.1) is 11.3 Å². The van der Waals surface area contributed by atoms with E-state index in [4.69, 9.17) is 4.52 Å². The van der Waals surface area contributed by atoms with Crippen LogP contribution in [0, 0.1) is 6.92 Å². The number of amides is 3. The topological polar surface area (TPSA) is 105 Å². The van der Waals surface area contributed by atoms with Crippen molar-refractivity contribution in [3.8, 4) is 0 Å². The number of aryl methyl sites for hydroxylation is 1.